The third-order valence-electron chi connectivity index (χ3n) is 1.77. The molecule has 0 bridgehead atoms. The van der Waals surface area contributed by atoms with E-state index in [-0.39, 0.29) is 20.9 Å². The third kappa shape index (κ3) is 10.3. The van der Waals surface area contributed by atoms with E-state index in [4.69, 9.17) is 0 Å². The summed E-state index contributed by atoms with van der Waals surface area (Å²) >= 11 is 0.0805. The van der Waals surface area contributed by atoms with Crippen molar-refractivity contribution in [3.8, 4) is 9.89 Å². The van der Waals surface area contributed by atoms with E-state index < -0.39 is 0 Å². The first-order chi connectivity index (χ1) is 5.91. The van der Waals surface area contributed by atoms with Gasteiger partial charge in [0.2, 0.25) is 0 Å². The average Bonchev–Trinajstić information content (AvgIpc) is 2.10. The molecule has 0 heterocycles. The van der Waals surface area contributed by atoms with E-state index in [0.717, 1.165) is 0 Å². The molecule has 1 heteroatoms. The Morgan fingerprint density at radius 1 is 1.00 bits per heavy atom. The molecule has 0 unspecified atom stereocenters. The third-order valence-corrected chi connectivity index (χ3v) is 4.18. The van der Waals surface area contributed by atoms with Crippen molar-refractivity contribution in [2.24, 2.45) is 0 Å². The molecule has 0 radical (unpaired) electrons. The van der Waals surface area contributed by atoms with Gasteiger partial charge in [0.15, 0.2) is 0 Å². The van der Waals surface area contributed by atoms with Gasteiger partial charge in [-0.2, -0.15) is 0 Å². The quantitative estimate of drug-likeness (QED) is 0.380. The van der Waals surface area contributed by atoms with Crippen LogP contribution in [0, 0.1) is 9.89 Å². The molecule has 0 amide bonds. The van der Waals surface area contributed by atoms with Gasteiger partial charge in [0.05, 0.1) is 0 Å². The topological polar surface area (TPSA) is 0 Å². The molecule has 0 N–H and O–H groups in total. The molecule has 0 rings (SSSR count). The van der Waals surface area contributed by atoms with Crippen LogP contribution >= 0.6 is 0 Å². The van der Waals surface area contributed by atoms with Crippen molar-refractivity contribution in [3.63, 3.8) is 0 Å². The van der Waals surface area contributed by atoms with Crippen LogP contribution in [-0.4, -0.2) is 20.9 Å². The fraction of sp³-hybridized carbons (Fsp3) is 0.818. The Balaban J connectivity index is 2.84. The van der Waals surface area contributed by atoms with E-state index in [2.05, 4.69) is 16.8 Å². The minimum atomic E-state index is 0.0805. The Morgan fingerprint density at radius 3 is 2.33 bits per heavy atom. The van der Waals surface area contributed by atoms with Crippen molar-refractivity contribution in [3.05, 3.63) is 0 Å². The molecule has 0 aliphatic heterocycles. The van der Waals surface area contributed by atoms with Gasteiger partial charge in [-0.15, -0.1) is 0 Å². The van der Waals surface area contributed by atoms with Gasteiger partial charge in [0, 0.05) is 0 Å². The van der Waals surface area contributed by atoms with Crippen LogP contribution in [0.25, 0.3) is 0 Å². The predicted octanol–water partition coefficient (Wildman–Crippen LogP) is 3.45. The van der Waals surface area contributed by atoms with Crippen LogP contribution in [-0.2, 0) is 0 Å². The molecule has 0 saturated carbocycles. The fourth-order valence-corrected chi connectivity index (χ4v) is 2.78. The summed E-state index contributed by atoms with van der Waals surface area (Å²) in [6, 6.07) is 0. The molecule has 0 spiro atoms. The number of rotatable bonds is 7. The van der Waals surface area contributed by atoms with E-state index in [9.17, 15) is 0 Å². The Labute approximate surface area is 87.6 Å². The minimum absolute atomic E-state index is 0.0805. The van der Waals surface area contributed by atoms with Crippen LogP contribution in [0.3, 0.4) is 0 Å². The molecule has 12 heavy (non-hydrogen) atoms. The second-order valence-electron chi connectivity index (χ2n) is 2.97. The Hall–Kier alpha value is 0.350. The molecule has 70 valence electrons. The zero-order chi connectivity index (χ0) is 9.07. The van der Waals surface area contributed by atoms with Crippen LogP contribution in [0.4, 0.5) is 0 Å². The summed E-state index contributed by atoms with van der Waals surface area (Å²) in [5.41, 5.74) is 0. The standard InChI is InChI=1S/C11H20Te/c1-3-5-6-7-8-9-11-12-10-4-2/h3,5-9,11H2,1-2H3. The van der Waals surface area contributed by atoms with Crippen molar-refractivity contribution >= 4 is 20.9 Å². The first-order valence-corrected chi connectivity index (χ1v) is 7.76. The Bertz CT molecular complexity index is 130. The molecule has 0 aliphatic rings. The van der Waals surface area contributed by atoms with Crippen molar-refractivity contribution < 1.29 is 0 Å². The van der Waals surface area contributed by atoms with Crippen LogP contribution < -0.4 is 0 Å². The van der Waals surface area contributed by atoms with Crippen molar-refractivity contribution in [2.75, 3.05) is 0 Å². The van der Waals surface area contributed by atoms with Crippen molar-refractivity contribution in [1.29, 1.82) is 0 Å². The summed E-state index contributed by atoms with van der Waals surface area (Å²) in [6.07, 6.45) is 8.54. The van der Waals surface area contributed by atoms with Gasteiger partial charge in [0.25, 0.3) is 0 Å². The summed E-state index contributed by atoms with van der Waals surface area (Å²) in [5.74, 6) is 2.99. The van der Waals surface area contributed by atoms with Gasteiger partial charge in [-0.05, 0) is 0 Å². The predicted molar refractivity (Wildman–Crippen MR) is 57.4 cm³/mol. The molecule has 0 saturated heterocycles. The average molecular weight is 280 g/mol. The summed E-state index contributed by atoms with van der Waals surface area (Å²) < 4.78 is 4.66. The molecular formula is C11H20Te. The summed E-state index contributed by atoms with van der Waals surface area (Å²) in [4.78, 5) is 0. The molecule has 0 nitrogen and oxygen atoms in total. The summed E-state index contributed by atoms with van der Waals surface area (Å²) in [6.45, 7) is 4.22. The van der Waals surface area contributed by atoms with E-state index >= 15 is 0 Å². The maximum atomic E-state index is 3.23. The van der Waals surface area contributed by atoms with Crippen molar-refractivity contribution in [1.82, 2.24) is 0 Å². The van der Waals surface area contributed by atoms with Crippen LogP contribution in [0.2, 0.25) is 4.47 Å². The van der Waals surface area contributed by atoms with Gasteiger partial charge < -0.3 is 0 Å². The fourth-order valence-electron chi connectivity index (χ4n) is 1.08. The monoisotopic (exact) mass is 282 g/mol. The molecule has 0 aromatic heterocycles. The molecule has 0 aromatic carbocycles. The van der Waals surface area contributed by atoms with E-state index in [1.807, 2.05) is 6.92 Å². The van der Waals surface area contributed by atoms with Gasteiger partial charge in [0.1, 0.15) is 0 Å². The van der Waals surface area contributed by atoms with Crippen LogP contribution in [0.15, 0.2) is 0 Å². The second kappa shape index (κ2) is 11.3. The van der Waals surface area contributed by atoms with Gasteiger partial charge in [-0.1, -0.05) is 0 Å². The molecule has 0 atom stereocenters. The Kier molecular flexibility index (Phi) is 11.7. The van der Waals surface area contributed by atoms with Gasteiger partial charge >= 0.3 is 87.7 Å². The first-order valence-electron chi connectivity index (χ1n) is 4.95. The maximum absolute atomic E-state index is 3.23. The Morgan fingerprint density at radius 2 is 1.67 bits per heavy atom. The second-order valence-corrected chi connectivity index (χ2v) is 5.54. The first kappa shape index (κ1) is 12.3. The number of unbranched alkanes of at least 4 members (excludes halogenated alkanes) is 5. The zero-order valence-electron chi connectivity index (χ0n) is 8.36. The van der Waals surface area contributed by atoms with E-state index in [1.54, 1.807) is 0 Å². The van der Waals surface area contributed by atoms with Gasteiger partial charge in [-0.3, -0.25) is 0 Å². The molecular weight excluding hydrogens is 260 g/mol. The molecule has 0 aliphatic carbocycles. The van der Waals surface area contributed by atoms with Crippen molar-refractivity contribution in [2.45, 2.75) is 56.8 Å². The SMILES string of the molecule is CC#C[Te]CCCCCCCC. The van der Waals surface area contributed by atoms with Gasteiger partial charge in [-0.25, -0.2) is 0 Å². The summed E-state index contributed by atoms with van der Waals surface area (Å²) in [5, 5.41) is 0. The van der Waals surface area contributed by atoms with E-state index in [0.29, 0.717) is 0 Å². The summed E-state index contributed by atoms with van der Waals surface area (Å²) in [7, 11) is 0. The van der Waals surface area contributed by atoms with Crippen LogP contribution in [0.5, 0.6) is 0 Å². The zero-order valence-corrected chi connectivity index (χ0v) is 10.7. The normalized spacial score (nSPS) is 9.17. The number of hydrogen-bond donors (Lipinski definition) is 0. The van der Waals surface area contributed by atoms with Crippen LogP contribution in [0.1, 0.15) is 52.4 Å². The van der Waals surface area contributed by atoms with E-state index in [1.165, 1.54) is 43.0 Å². The number of hydrogen-bond acceptors (Lipinski definition) is 0. The molecule has 0 aromatic rings. The molecule has 0 fully saturated rings.